The van der Waals surface area contributed by atoms with Crippen LogP contribution in [0, 0.1) is 6.92 Å². The van der Waals surface area contributed by atoms with Gasteiger partial charge in [-0.3, -0.25) is 14.5 Å². The van der Waals surface area contributed by atoms with E-state index in [-0.39, 0.29) is 42.3 Å². The Kier molecular flexibility index (Phi) is 6.76. The van der Waals surface area contributed by atoms with Crippen LogP contribution in [-0.2, 0) is 19.6 Å². The highest BCUT2D eigenvalue weighted by molar-refractivity contribution is 7.89. The van der Waals surface area contributed by atoms with Gasteiger partial charge in [0.25, 0.3) is 5.91 Å². The van der Waals surface area contributed by atoms with Crippen LogP contribution in [-0.4, -0.2) is 78.6 Å². The smallest absolute Gasteiger partial charge is 0.325 e. The van der Waals surface area contributed by atoms with Gasteiger partial charge in [0.2, 0.25) is 15.9 Å². The maximum absolute atomic E-state index is 13.0. The zero-order valence-corrected chi connectivity index (χ0v) is 19.9. The Hall–Kier alpha value is -2.46. The second-order valence-electron chi connectivity index (χ2n) is 9.23. The summed E-state index contributed by atoms with van der Waals surface area (Å²) in [6, 6.07) is 6.43. The molecule has 3 fully saturated rings. The molecule has 2 saturated heterocycles. The zero-order valence-electron chi connectivity index (χ0n) is 19.1. The molecule has 10 heteroatoms. The minimum atomic E-state index is -3.60. The van der Waals surface area contributed by atoms with E-state index >= 15 is 0 Å². The lowest BCUT2D eigenvalue weighted by molar-refractivity contribution is -0.133. The molecule has 0 aromatic heterocycles. The second kappa shape index (κ2) is 9.42. The van der Waals surface area contributed by atoms with Crippen LogP contribution in [0.5, 0.6) is 0 Å². The Bertz CT molecular complexity index is 1020. The fourth-order valence-corrected chi connectivity index (χ4v) is 6.46. The highest BCUT2D eigenvalue weighted by atomic mass is 32.2. The third-order valence-corrected chi connectivity index (χ3v) is 8.85. The molecule has 1 aromatic carbocycles. The SMILES string of the molecule is Cc1ccc(S(=O)(=O)N2CCCN(C(=O)CCCN3C(=O)NC4(CCCC4)C3=O)CC2)cc1. The highest BCUT2D eigenvalue weighted by Crippen LogP contribution is 2.35. The second-order valence-corrected chi connectivity index (χ2v) is 11.2. The predicted molar refractivity (Wildman–Crippen MR) is 122 cm³/mol. The molecule has 1 spiro atoms. The lowest BCUT2D eigenvalue weighted by atomic mass is 9.98. The van der Waals surface area contributed by atoms with Gasteiger partial charge < -0.3 is 10.2 Å². The number of sulfonamides is 1. The van der Waals surface area contributed by atoms with Gasteiger partial charge in [-0.25, -0.2) is 13.2 Å². The molecule has 33 heavy (non-hydrogen) atoms. The van der Waals surface area contributed by atoms with Crippen LogP contribution in [0.1, 0.15) is 50.5 Å². The van der Waals surface area contributed by atoms with E-state index in [1.807, 2.05) is 6.92 Å². The first-order valence-electron chi connectivity index (χ1n) is 11.7. The van der Waals surface area contributed by atoms with Gasteiger partial charge in [-0.05, 0) is 44.7 Å². The Balaban J connectivity index is 1.28. The molecule has 9 nitrogen and oxygen atoms in total. The Morgan fingerprint density at radius 3 is 2.39 bits per heavy atom. The number of amides is 4. The largest absolute Gasteiger partial charge is 0.341 e. The lowest BCUT2D eigenvalue weighted by Crippen LogP contribution is -2.44. The number of aryl methyl sites for hydroxylation is 1. The van der Waals surface area contributed by atoms with Gasteiger partial charge in [-0.15, -0.1) is 0 Å². The number of hydrogen-bond acceptors (Lipinski definition) is 5. The molecule has 0 radical (unpaired) electrons. The van der Waals surface area contributed by atoms with Gasteiger partial charge >= 0.3 is 6.03 Å². The van der Waals surface area contributed by atoms with Crippen molar-refractivity contribution in [2.45, 2.75) is 62.3 Å². The third-order valence-electron chi connectivity index (χ3n) is 6.94. The van der Waals surface area contributed by atoms with Crippen LogP contribution in [0.3, 0.4) is 0 Å². The lowest BCUT2D eigenvalue weighted by Gasteiger charge is -2.22. The van der Waals surface area contributed by atoms with Crippen LogP contribution >= 0.6 is 0 Å². The van der Waals surface area contributed by atoms with Crippen molar-refractivity contribution in [3.8, 4) is 0 Å². The molecule has 1 aliphatic carbocycles. The van der Waals surface area contributed by atoms with Gasteiger partial charge in [0, 0.05) is 39.1 Å². The molecular weight excluding hydrogens is 444 g/mol. The third kappa shape index (κ3) is 4.77. The van der Waals surface area contributed by atoms with Crippen molar-refractivity contribution in [2.24, 2.45) is 0 Å². The number of imide groups is 1. The molecule has 0 bridgehead atoms. The van der Waals surface area contributed by atoms with Gasteiger partial charge in [-0.1, -0.05) is 30.5 Å². The first-order valence-corrected chi connectivity index (χ1v) is 13.2. The van der Waals surface area contributed by atoms with E-state index < -0.39 is 15.6 Å². The molecule has 4 rings (SSSR count). The minimum absolute atomic E-state index is 0.0767. The maximum atomic E-state index is 13.0. The molecule has 4 amide bonds. The molecule has 0 unspecified atom stereocenters. The summed E-state index contributed by atoms with van der Waals surface area (Å²) in [6.07, 6.45) is 4.41. The minimum Gasteiger partial charge on any atom is -0.341 e. The number of benzene rings is 1. The average Bonchev–Trinajstić information content (AvgIpc) is 3.22. The van der Waals surface area contributed by atoms with E-state index in [0.29, 0.717) is 45.3 Å². The summed E-state index contributed by atoms with van der Waals surface area (Å²) < 4.78 is 27.4. The van der Waals surface area contributed by atoms with E-state index in [9.17, 15) is 22.8 Å². The van der Waals surface area contributed by atoms with Crippen molar-refractivity contribution in [2.75, 3.05) is 32.7 Å². The summed E-state index contributed by atoms with van der Waals surface area (Å²) in [5, 5.41) is 2.85. The van der Waals surface area contributed by atoms with E-state index in [0.717, 1.165) is 18.4 Å². The first kappa shape index (κ1) is 23.7. The van der Waals surface area contributed by atoms with Crippen LogP contribution in [0.25, 0.3) is 0 Å². The fraction of sp³-hybridized carbons (Fsp3) is 0.609. The fourth-order valence-electron chi connectivity index (χ4n) is 4.99. The quantitative estimate of drug-likeness (QED) is 0.631. The average molecular weight is 477 g/mol. The molecular formula is C23H32N4O5S. The Morgan fingerprint density at radius 2 is 1.70 bits per heavy atom. The van der Waals surface area contributed by atoms with Gasteiger partial charge in [0.05, 0.1) is 4.90 Å². The number of urea groups is 1. The predicted octanol–water partition coefficient (Wildman–Crippen LogP) is 1.86. The van der Waals surface area contributed by atoms with E-state index in [4.69, 9.17) is 0 Å². The summed E-state index contributed by atoms with van der Waals surface area (Å²) in [5.41, 5.74) is 0.270. The van der Waals surface area contributed by atoms with E-state index in [1.165, 1.54) is 9.21 Å². The van der Waals surface area contributed by atoms with Crippen molar-refractivity contribution >= 4 is 27.9 Å². The van der Waals surface area contributed by atoms with Crippen molar-refractivity contribution < 1.29 is 22.8 Å². The summed E-state index contributed by atoms with van der Waals surface area (Å²) in [4.78, 5) is 40.9. The van der Waals surface area contributed by atoms with Crippen molar-refractivity contribution in [3.05, 3.63) is 29.8 Å². The molecule has 180 valence electrons. The van der Waals surface area contributed by atoms with Crippen LogP contribution in [0.4, 0.5) is 4.79 Å². The molecule has 2 heterocycles. The number of nitrogens with one attached hydrogen (secondary N) is 1. The normalized spacial score (nSPS) is 21.5. The summed E-state index contributed by atoms with van der Waals surface area (Å²) in [7, 11) is -3.60. The number of nitrogens with zero attached hydrogens (tertiary/aromatic N) is 3. The molecule has 1 aromatic rings. The number of carbonyl (C=O) groups is 3. The topological polar surface area (TPSA) is 107 Å². The van der Waals surface area contributed by atoms with Crippen molar-refractivity contribution in [3.63, 3.8) is 0 Å². The van der Waals surface area contributed by atoms with Gasteiger partial charge in [-0.2, -0.15) is 4.31 Å². The Labute approximate surface area is 195 Å². The molecule has 0 atom stereocenters. The summed E-state index contributed by atoms with van der Waals surface area (Å²) >= 11 is 0. The zero-order chi connectivity index (χ0) is 23.6. The molecule has 1 N–H and O–H groups in total. The van der Waals surface area contributed by atoms with E-state index in [1.54, 1.807) is 29.2 Å². The standard InChI is InChI=1S/C23H32N4O5S/c1-18-7-9-19(10-8-18)33(31,32)26-14-5-13-25(16-17-26)20(28)6-4-15-27-21(29)23(24-22(27)30)11-2-3-12-23/h7-10H,2-6,11-17H2,1H3,(H,24,30). The highest BCUT2D eigenvalue weighted by Gasteiger charge is 2.52. The van der Waals surface area contributed by atoms with Crippen molar-refractivity contribution in [1.29, 1.82) is 0 Å². The number of rotatable bonds is 6. The molecule has 2 aliphatic heterocycles. The van der Waals surface area contributed by atoms with E-state index in [2.05, 4.69) is 5.32 Å². The summed E-state index contributed by atoms with van der Waals surface area (Å²) in [5.74, 6) is -0.239. The monoisotopic (exact) mass is 476 g/mol. The van der Waals surface area contributed by atoms with Crippen LogP contribution in [0.2, 0.25) is 0 Å². The molecule has 1 saturated carbocycles. The van der Waals surface area contributed by atoms with Crippen LogP contribution in [0.15, 0.2) is 29.2 Å². The Morgan fingerprint density at radius 1 is 1.00 bits per heavy atom. The van der Waals surface area contributed by atoms with Gasteiger partial charge in [0.15, 0.2) is 0 Å². The number of carbonyl (C=O) groups excluding carboxylic acids is 3. The first-order chi connectivity index (χ1) is 15.7. The molecule has 3 aliphatic rings. The number of hydrogen-bond donors (Lipinski definition) is 1. The van der Waals surface area contributed by atoms with Gasteiger partial charge in [0.1, 0.15) is 5.54 Å². The van der Waals surface area contributed by atoms with Crippen molar-refractivity contribution in [1.82, 2.24) is 19.4 Å². The van der Waals surface area contributed by atoms with Crippen LogP contribution < -0.4 is 5.32 Å². The summed E-state index contributed by atoms with van der Waals surface area (Å²) in [6.45, 7) is 3.56. The maximum Gasteiger partial charge on any atom is 0.325 e.